The van der Waals surface area contributed by atoms with Gasteiger partial charge in [-0.05, 0) is 37.1 Å². The highest BCUT2D eigenvalue weighted by Gasteiger charge is 2.39. The van der Waals surface area contributed by atoms with Crippen LogP contribution in [0.15, 0.2) is 21.5 Å². The number of carbonyl (C=O) groups excluding carboxylic acids is 4. The molecular weight excluding hydrogens is 544 g/mol. The minimum absolute atomic E-state index is 0.0738. The van der Waals surface area contributed by atoms with Crippen LogP contribution in [0.3, 0.4) is 0 Å². The number of carbonyl (C=O) groups is 4. The second-order valence-electron chi connectivity index (χ2n) is 9.15. The molecule has 3 aromatic rings. The van der Waals surface area contributed by atoms with Gasteiger partial charge < -0.3 is 33.1 Å². The highest BCUT2D eigenvalue weighted by molar-refractivity contribution is 5.79. The lowest BCUT2D eigenvalue weighted by Gasteiger charge is -2.32. The van der Waals surface area contributed by atoms with E-state index in [4.69, 9.17) is 23.5 Å². The van der Waals surface area contributed by atoms with E-state index in [1.807, 2.05) is 13.8 Å². The largest absolute Gasteiger partial charge is 0.462 e. The van der Waals surface area contributed by atoms with E-state index in [1.165, 1.54) is 4.57 Å². The Hall–Kier alpha value is -4.66. The molecule has 2 heterocycles. The molecule has 0 saturated carbocycles. The van der Waals surface area contributed by atoms with Gasteiger partial charge in [0.15, 0.2) is 29.8 Å². The molecule has 1 aromatic carbocycles. The van der Waals surface area contributed by atoms with Crippen molar-refractivity contribution in [2.75, 3.05) is 6.61 Å². The molecular formula is C26H30N4O11. The second-order valence-corrected chi connectivity index (χ2v) is 9.15. The van der Waals surface area contributed by atoms with Crippen LogP contribution in [0.25, 0.3) is 22.6 Å². The van der Waals surface area contributed by atoms with E-state index in [1.54, 1.807) is 12.1 Å². The van der Waals surface area contributed by atoms with Gasteiger partial charge in [-0.3, -0.25) is 24.0 Å². The number of aliphatic hydroxyl groups is 1. The molecule has 15 heteroatoms. The van der Waals surface area contributed by atoms with Crippen molar-refractivity contribution in [1.29, 1.82) is 0 Å². The molecule has 0 aliphatic carbocycles. The quantitative estimate of drug-likeness (QED) is 0.250. The minimum atomic E-state index is -1.51. The average molecular weight is 575 g/mol. The predicted octanol–water partition coefficient (Wildman–Crippen LogP) is 0.914. The summed E-state index contributed by atoms with van der Waals surface area (Å²) in [6.45, 7) is 6.58. The number of rotatable bonds is 11. The Morgan fingerprint density at radius 2 is 1.51 bits per heavy atom. The number of hydrogen-bond donors (Lipinski definition) is 1. The van der Waals surface area contributed by atoms with E-state index in [0.717, 1.165) is 38.8 Å². The number of ether oxygens (including phenoxy) is 4. The summed E-state index contributed by atoms with van der Waals surface area (Å²) in [5, 5.41) is 12.9. The van der Waals surface area contributed by atoms with Crippen LogP contribution in [-0.4, -0.2) is 73.6 Å². The molecule has 0 fully saturated rings. The van der Waals surface area contributed by atoms with E-state index in [2.05, 4.69) is 15.1 Å². The molecule has 41 heavy (non-hydrogen) atoms. The molecule has 2 aromatic heterocycles. The highest BCUT2D eigenvalue weighted by atomic mass is 16.6. The van der Waals surface area contributed by atoms with Crippen molar-refractivity contribution in [3.05, 3.63) is 39.4 Å². The van der Waals surface area contributed by atoms with Crippen LogP contribution in [0.2, 0.25) is 0 Å². The van der Waals surface area contributed by atoms with E-state index in [9.17, 15) is 29.1 Å². The maximum Gasteiger partial charge on any atom is 0.303 e. The molecule has 0 aliphatic rings. The Bertz CT molecular complexity index is 1530. The smallest absolute Gasteiger partial charge is 0.303 e. The molecule has 0 bridgehead atoms. The van der Waals surface area contributed by atoms with Gasteiger partial charge in [0.1, 0.15) is 13.2 Å². The number of aliphatic hydroxyl groups excluding tert-OH is 1. The zero-order chi connectivity index (χ0) is 30.4. The fourth-order valence-electron chi connectivity index (χ4n) is 4.02. The molecule has 0 saturated heterocycles. The Morgan fingerprint density at radius 3 is 2.07 bits per heavy atom. The monoisotopic (exact) mass is 574 g/mol. The molecule has 220 valence electrons. The Morgan fingerprint density at radius 1 is 0.902 bits per heavy atom. The zero-order valence-electron chi connectivity index (χ0n) is 23.3. The van der Waals surface area contributed by atoms with Crippen LogP contribution in [-0.2, 0) is 51.3 Å². The molecule has 3 rings (SSSR count). The normalized spacial score (nSPS) is 13.2. The van der Waals surface area contributed by atoms with Crippen molar-refractivity contribution in [3.63, 3.8) is 0 Å². The van der Waals surface area contributed by atoms with E-state index < -0.39 is 67.5 Å². The lowest BCUT2D eigenvalue weighted by molar-refractivity contribution is -0.190. The summed E-state index contributed by atoms with van der Waals surface area (Å²) in [5.74, 6) is -3.47. The Kier molecular flexibility index (Phi) is 9.89. The van der Waals surface area contributed by atoms with Crippen molar-refractivity contribution < 1.29 is 47.8 Å². The Balaban J connectivity index is 2.24. The summed E-state index contributed by atoms with van der Waals surface area (Å²) in [7, 11) is 0. The number of aromatic nitrogens is 4. The summed E-state index contributed by atoms with van der Waals surface area (Å²) < 4.78 is 27.6. The first-order chi connectivity index (χ1) is 19.3. The van der Waals surface area contributed by atoms with Gasteiger partial charge in [-0.2, -0.15) is 4.98 Å². The Labute approximate surface area is 233 Å². The van der Waals surface area contributed by atoms with Crippen LogP contribution in [0.4, 0.5) is 0 Å². The number of aryl methyl sites for hydroxylation is 2. The second kappa shape index (κ2) is 13.1. The third kappa shape index (κ3) is 7.72. The number of hydrogen-bond acceptors (Lipinski definition) is 14. The maximum atomic E-state index is 13.8. The van der Waals surface area contributed by atoms with E-state index in [-0.39, 0.29) is 17.4 Å². The average Bonchev–Trinajstić information content (AvgIpc) is 3.36. The molecule has 1 N–H and O–H groups in total. The summed E-state index contributed by atoms with van der Waals surface area (Å²) >= 11 is 0. The standard InChI is InChI=1S/C26H30N4O11/c1-12-7-18-19(8-13(12)2)30(26(36)23(27-18)25-28-22(10-31)29-41-25)9-20(38-15(4)33)24(40-17(6)35)21(39-16(5)34)11-37-14(3)32/h7-8,20-21,24,31H,9-11H2,1-6H3/t20-,21+,24-/m0/s1. The number of nitrogens with zero attached hydrogens (tertiary/aromatic N) is 4. The van der Waals surface area contributed by atoms with Crippen LogP contribution >= 0.6 is 0 Å². The minimum Gasteiger partial charge on any atom is -0.462 e. The SMILES string of the molecule is CC(=O)OC[C@@H](OC(C)=O)[C@@H](OC(C)=O)[C@H](Cn1c(=O)c(-c2nc(CO)no2)nc2cc(C)c(C)cc21)OC(C)=O. The number of fused-ring (bicyclic) bond motifs is 1. The van der Waals surface area contributed by atoms with E-state index in [0.29, 0.717) is 11.0 Å². The molecule has 15 nitrogen and oxygen atoms in total. The van der Waals surface area contributed by atoms with Crippen LogP contribution in [0.5, 0.6) is 0 Å². The van der Waals surface area contributed by atoms with E-state index >= 15 is 0 Å². The third-order valence-electron chi connectivity index (χ3n) is 5.86. The van der Waals surface area contributed by atoms with Gasteiger partial charge in [-0.15, -0.1) is 0 Å². The summed E-state index contributed by atoms with van der Waals surface area (Å²) in [4.78, 5) is 70.0. The zero-order valence-corrected chi connectivity index (χ0v) is 23.3. The van der Waals surface area contributed by atoms with Crippen molar-refractivity contribution in [3.8, 4) is 11.6 Å². The highest BCUT2D eigenvalue weighted by Crippen LogP contribution is 2.23. The summed E-state index contributed by atoms with van der Waals surface area (Å²) in [5.41, 5.74) is 1.34. The first kappa shape index (κ1) is 30.9. The van der Waals surface area contributed by atoms with Crippen molar-refractivity contribution in [1.82, 2.24) is 19.7 Å². The lowest BCUT2D eigenvalue weighted by atomic mass is 10.1. The van der Waals surface area contributed by atoms with Crippen LogP contribution in [0, 0.1) is 13.8 Å². The first-order valence-electron chi connectivity index (χ1n) is 12.4. The first-order valence-corrected chi connectivity index (χ1v) is 12.4. The fourth-order valence-corrected chi connectivity index (χ4v) is 4.02. The van der Waals surface area contributed by atoms with Gasteiger partial charge in [0, 0.05) is 27.7 Å². The van der Waals surface area contributed by atoms with Crippen LogP contribution < -0.4 is 5.56 Å². The van der Waals surface area contributed by atoms with Gasteiger partial charge >= 0.3 is 23.9 Å². The third-order valence-corrected chi connectivity index (χ3v) is 5.86. The molecule has 0 amide bonds. The molecule has 0 aliphatic heterocycles. The lowest BCUT2D eigenvalue weighted by Crippen LogP contribution is -2.50. The van der Waals surface area contributed by atoms with Gasteiger partial charge in [0.2, 0.25) is 0 Å². The summed E-state index contributed by atoms with van der Waals surface area (Å²) in [6.07, 6.45) is -4.33. The predicted molar refractivity (Wildman–Crippen MR) is 138 cm³/mol. The number of esters is 4. The van der Waals surface area contributed by atoms with Crippen molar-refractivity contribution >= 4 is 34.9 Å². The van der Waals surface area contributed by atoms with Gasteiger partial charge in [0.05, 0.1) is 17.6 Å². The topological polar surface area (TPSA) is 199 Å². The van der Waals surface area contributed by atoms with Gasteiger partial charge in [0.25, 0.3) is 11.4 Å². The van der Waals surface area contributed by atoms with Gasteiger partial charge in [-0.25, -0.2) is 4.98 Å². The van der Waals surface area contributed by atoms with Crippen molar-refractivity contribution in [2.24, 2.45) is 0 Å². The molecule has 0 spiro atoms. The summed E-state index contributed by atoms with van der Waals surface area (Å²) in [6, 6.07) is 3.42. The number of benzene rings is 1. The fraction of sp³-hybridized carbons (Fsp3) is 0.462. The molecule has 0 unspecified atom stereocenters. The van der Waals surface area contributed by atoms with Gasteiger partial charge in [-0.1, -0.05) is 5.16 Å². The van der Waals surface area contributed by atoms with Crippen LogP contribution in [0.1, 0.15) is 44.6 Å². The maximum absolute atomic E-state index is 13.8. The molecule has 3 atom stereocenters. The molecule has 0 radical (unpaired) electrons. The van der Waals surface area contributed by atoms with Crippen molar-refractivity contribution in [2.45, 2.75) is 73.0 Å².